The van der Waals surface area contributed by atoms with Crippen LogP contribution in [-0.4, -0.2) is 49.0 Å². The van der Waals surface area contributed by atoms with Crippen LogP contribution in [0.1, 0.15) is 6.23 Å². The van der Waals surface area contributed by atoms with Gasteiger partial charge in [-0.05, 0) is 0 Å². The third-order valence-corrected chi connectivity index (χ3v) is 3.17. The molecule has 2 aromatic rings. The number of fused-ring (bicyclic) bond motifs is 1. The minimum Gasteiger partial charge on any atom is -0.396 e. The zero-order valence-corrected chi connectivity index (χ0v) is 9.47. The molecule has 2 aromatic heterocycles. The van der Waals surface area contributed by atoms with Crippen molar-refractivity contribution in [2.45, 2.75) is 12.3 Å². The summed E-state index contributed by atoms with van der Waals surface area (Å²) in [6, 6.07) is 0. The first kappa shape index (κ1) is 11.3. The number of ether oxygens (including phenoxy) is 1. The van der Waals surface area contributed by atoms with Crippen LogP contribution in [0.5, 0.6) is 0 Å². The minimum atomic E-state index is -0.698. The number of anilines is 1. The van der Waals surface area contributed by atoms with Gasteiger partial charge in [0.15, 0.2) is 11.5 Å². The summed E-state index contributed by atoms with van der Waals surface area (Å²) in [7, 11) is 0. The van der Waals surface area contributed by atoms with E-state index in [-0.39, 0.29) is 19.0 Å². The Labute approximate surface area is 102 Å². The molecule has 0 amide bonds. The van der Waals surface area contributed by atoms with Crippen LogP contribution in [0.2, 0.25) is 0 Å². The van der Waals surface area contributed by atoms with Crippen LogP contribution in [0.25, 0.3) is 11.2 Å². The lowest BCUT2D eigenvalue weighted by Gasteiger charge is -2.19. The van der Waals surface area contributed by atoms with Crippen molar-refractivity contribution in [3.05, 3.63) is 12.7 Å². The van der Waals surface area contributed by atoms with Gasteiger partial charge in [-0.25, -0.2) is 15.0 Å². The maximum Gasteiger partial charge on any atom is 0.167 e. The molecule has 1 fully saturated rings. The number of hydrogen-bond acceptors (Lipinski definition) is 7. The number of aliphatic hydroxyl groups is 2. The van der Waals surface area contributed by atoms with E-state index in [1.807, 2.05) is 0 Å². The number of nitrogens with two attached hydrogens (primary N) is 1. The monoisotopic (exact) mass is 251 g/mol. The van der Waals surface area contributed by atoms with Crippen LogP contribution in [0.3, 0.4) is 0 Å². The van der Waals surface area contributed by atoms with Crippen molar-refractivity contribution in [1.29, 1.82) is 0 Å². The number of nitrogens with zero attached hydrogens (tertiary/aromatic N) is 4. The molecule has 96 valence electrons. The third kappa shape index (κ3) is 1.54. The average molecular weight is 251 g/mol. The fraction of sp³-hybridized carbons (Fsp3) is 0.500. The van der Waals surface area contributed by atoms with E-state index in [1.165, 1.54) is 12.7 Å². The second kappa shape index (κ2) is 4.16. The zero-order chi connectivity index (χ0) is 12.7. The molecule has 8 nitrogen and oxygen atoms in total. The molecule has 1 aliphatic rings. The molecule has 3 atom stereocenters. The predicted molar refractivity (Wildman–Crippen MR) is 61.3 cm³/mol. The lowest BCUT2D eigenvalue weighted by atomic mass is 10.1. The first-order valence-corrected chi connectivity index (χ1v) is 5.56. The van der Waals surface area contributed by atoms with Gasteiger partial charge in [-0.1, -0.05) is 0 Å². The van der Waals surface area contributed by atoms with E-state index in [9.17, 15) is 10.2 Å². The summed E-state index contributed by atoms with van der Waals surface area (Å²) in [5, 5.41) is 19.0. The van der Waals surface area contributed by atoms with Crippen LogP contribution >= 0.6 is 0 Å². The Morgan fingerprint density at radius 3 is 3.06 bits per heavy atom. The van der Waals surface area contributed by atoms with Crippen molar-refractivity contribution in [3.8, 4) is 0 Å². The number of nitrogen functional groups attached to an aromatic ring is 1. The third-order valence-electron chi connectivity index (χ3n) is 3.17. The van der Waals surface area contributed by atoms with Crippen LogP contribution in [-0.2, 0) is 4.74 Å². The molecule has 0 bridgehead atoms. The van der Waals surface area contributed by atoms with Crippen LogP contribution in [0.4, 0.5) is 5.82 Å². The summed E-state index contributed by atoms with van der Waals surface area (Å²) < 4.78 is 7.13. The van der Waals surface area contributed by atoms with Crippen molar-refractivity contribution >= 4 is 17.0 Å². The first-order valence-electron chi connectivity index (χ1n) is 5.56. The molecule has 0 radical (unpaired) electrons. The molecule has 0 aromatic carbocycles. The number of imidazole rings is 1. The van der Waals surface area contributed by atoms with E-state index >= 15 is 0 Å². The first-order chi connectivity index (χ1) is 8.72. The standard InChI is InChI=1S/C10H13N5O3/c11-8-7-9(13-3-12-8)15(4-14-7)10-5(1-16)6(17)2-18-10/h3-6,10,16-17H,1-2H2,(H2,11,12,13). The van der Waals surface area contributed by atoms with Crippen molar-refractivity contribution in [1.82, 2.24) is 19.5 Å². The van der Waals surface area contributed by atoms with Crippen molar-refractivity contribution in [2.75, 3.05) is 18.9 Å². The molecule has 1 saturated heterocycles. The summed E-state index contributed by atoms with van der Waals surface area (Å²) in [6.45, 7) is 0.00219. The van der Waals surface area contributed by atoms with Gasteiger partial charge in [-0.2, -0.15) is 0 Å². The maximum atomic E-state index is 9.71. The molecule has 8 heteroatoms. The molecular weight excluding hydrogens is 238 g/mol. The van der Waals surface area contributed by atoms with Gasteiger partial charge in [0, 0.05) is 0 Å². The molecule has 0 spiro atoms. The van der Waals surface area contributed by atoms with Gasteiger partial charge >= 0.3 is 0 Å². The Balaban J connectivity index is 2.07. The number of hydrogen-bond donors (Lipinski definition) is 3. The highest BCUT2D eigenvalue weighted by molar-refractivity contribution is 5.81. The molecule has 1 aliphatic heterocycles. The van der Waals surface area contributed by atoms with Gasteiger partial charge < -0.3 is 20.7 Å². The van der Waals surface area contributed by atoms with Crippen molar-refractivity contribution in [3.63, 3.8) is 0 Å². The highest BCUT2D eigenvalue weighted by atomic mass is 16.5. The molecule has 3 unspecified atom stereocenters. The SMILES string of the molecule is Nc1ncnc2c1ncn2C1OCC(O)C1CO. The molecule has 0 aliphatic carbocycles. The lowest BCUT2D eigenvalue weighted by Crippen LogP contribution is -2.26. The van der Waals surface area contributed by atoms with Crippen LogP contribution in [0, 0.1) is 5.92 Å². The summed E-state index contributed by atoms with van der Waals surface area (Å²) in [5.74, 6) is -0.114. The summed E-state index contributed by atoms with van der Waals surface area (Å²) >= 11 is 0. The topological polar surface area (TPSA) is 119 Å². The molecule has 3 heterocycles. The van der Waals surface area contributed by atoms with Gasteiger partial charge in [0.1, 0.15) is 18.1 Å². The molecule has 0 saturated carbocycles. The lowest BCUT2D eigenvalue weighted by molar-refractivity contribution is 0.0192. The second-order valence-electron chi connectivity index (χ2n) is 4.22. The Morgan fingerprint density at radius 2 is 2.28 bits per heavy atom. The smallest absolute Gasteiger partial charge is 0.167 e. The normalized spacial score (nSPS) is 28.0. The van der Waals surface area contributed by atoms with E-state index in [4.69, 9.17) is 10.5 Å². The number of rotatable bonds is 2. The Hall–Kier alpha value is -1.77. The van der Waals surface area contributed by atoms with E-state index < -0.39 is 18.2 Å². The van der Waals surface area contributed by atoms with Gasteiger partial charge in [0.2, 0.25) is 0 Å². The number of aromatic nitrogens is 4. The Bertz CT molecular complexity index is 572. The van der Waals surface area contributed by atoms with Crippen LogP contribution < -0.4 is 5.73 Å². The highest BCUT2D eigenvalue weighted by Gasteiger charge is 2.37. The van der Waals surface area contributed by atoms with Crippen molar-refractivity contribution < 1.29 is 14.9 Å². The fourth-order valence-corrected chi connectivity index (χ4v) is 2.19. The second-order valence-corrected chi connectivity index (χ2v) is 4.22. The maximum absolute atomic E-state index is 9.71. The quantitative estimate of drug-likeness (QED) is 0.620. The predicted octanol–water partition coefficient (Wildman–Crippen LogP) is -1.09. The van der Waals surface area contributed by atoms with Gasteiger partial charge in [0.25, 0.3) is 0 Å². The molecular formula is C10H13N5O3. The molecule has 18 heavy (non-hydrogen) atoms. The van der Waals surface area contributed by atoms with Crippen LogP contribution in [0.15, 0.2) is 12.7 Å². The van der Waals surface area contributed by atoms with Gasteiger partial charge in [-0.15, -0.1) is 0 Å². The summed E-state index contributed by atoms with van der Waals surface area (Å²) in [4.78, 5) is 12.1. The number of aliphatic hydroxyl groups excluding tert-OH is 2. The van der Waals surface area contributed by atoms with E-state index in [0.717, 1.165) is 0 Å². The Morgan fingerprint density at radius 1 is 1.44 bits per heavy atom. The van der Waals surface area contributed by atoms with E-state index in [1.54, 1.807) is 4.57 Å². The summed E-state index contributed by atoms with van der Waals surface area (Å²) in [6.07, 6.45) is 1.68. The fourth-order valence-electron chi connectivity index (χ4n) is 2.19. The molecule has 3 rings (SSSR count). The van der Waals surface area contributed by atoms with Gasteiger partial charge in [0.05, 0.1) is 31.6 Å². The van der Waals surface area contributed by atoms with Crippen molar-refractivity contribution in [2.24, 2.45) is 5.92 Å². The highest BCUT2D eigenvalue weighted by Crippen LogP contribution is 2.32. The van der Waals surface area contributed by atoms with Gasteiger partial charge in [-0.3, -0.25) is 4.57 Å². The van der Waals surface area contributed by atoms with E-state index in [2.05, 4.69) is 15.0 Å². The summed E-state index contributed by atoms with van der Waals surface area (Å²) in [5.41, 5.74) is 6.71. The minimum absolute atomic E-state index is 0.175. The largest absolute Gasteiger partial charge is 0.396 e. The van der Waals surface area contributed by atoms with E-state index in [0.29, 0.717) is 11.2 Å². The molecule has 4 N–H and O–H groups in total. The average Bonchev–Trinajstić information content (AvgIpc) is 2.93. The zero-order valence-electron chi connectivity index (χ0n) is 9.47. The Kier molecular flexibility index (Phi) is 2.62.